The van der Waals surface area contributed by atoms with Crippen LogP contribution in [-0.2, 0) is 15.6 Å². The number of nitrogens with zero attached hydrogens (tertiary/aromatic N) is 2. The number of thioether (sulfide) groups is 1. The van der Waals surface area contributed by atoms with Crippen molar-refractivity contribution in [3.63, 3.8) is 0 Å². The Hall–Kier alpha value is -2.19. The Morgan fingerprint density at radius 1 is 1.14 bits per heavy atom. The Morgan fingerprint density at radius 3 is 2.69 bits per heavy atom. The second-order valence-electron chi connectivity index (χ2n) is 7.31. The summed E-state index contributed by atoms with van der Waals surface area (Å²) in [4.78, 5) is 6.83. The number of benzene rings is 2. The van der Waals surface area contributed by atoms with Crippen molar-refractivity contribution in [2.45, 2.75) is 24.8 Å². The second kappa shape index (κ2) is 7.91. The predicted molar refractivity (Wildman–Crippen MR) is 118 cm³/mol. The molecule has 0 spiro atoms. The predicted octanol–water partition coefficient (Wildman–Crippen LogP) is 3.29. The van der Waals surface area contributed by atoms with E-state index < -0.39 is 9.84 Å². The van der Waals surface area contributed by atoms with Gasteiger partial charge in [-0.3, -0.25) is 4.99 Å². The lowest BCUT2D eigenvalue weighted by Gasteiger charge is -2.28. The highest BCUT2D eigenvalue weighted by atomic mass is 32.2. The lowest BCUT2D eigenvalue weighted by molar-refractivity contribution is 0.403. The number of anilines is 1. The SMILES string of the molecule is COc1ccc(OC)c(N2C(SCc3cccc(C)c3)=N[C@@H]3CS(=O)(=O)C[C@@H]32)c1. The van der Waals surface area contributed by atoms with Crippen molar-refractivity contribution in [3.8, 4) is 11.5 Å². The van der Waals surface area contributed by atoms with Gasteiger partial charge >= 0.3 is 0 Å². The van der Waals surface area contributed by atoms with Crippen LogP contribution in [0.25, 0.3) is 0 Å². The lowest BCUT2D eigenvalue weighted by atomic mass is 10.1. The fraction of sp³-hybridized carbons (Fsp3) is 0.381. The summed E-state index contributed by atoms with van der Waals surface area (Å²) in [5.74, 6) is 2.30. The second-order valence-corrected chi connectivity index (χ2v) is 10.4. The van der Waals surface area contributed by atoms with Crippen LogP contribution in [0, 0.1) is 6.92 Å². The molecule has 4 rings (SSSR count). The number of aryl methyl sites for hydroxylation is 1. The summed E-state index contributed by atoms with van der Waals surface area (Å²) < 4.78 is 35.5. The van der Waals surface area contributed by atoms with E-state index in [1.807, 2.05) is 29.2 Å². The van der Waals surface area contributed by atoms with Gasteiger partial charge in [0.2, 0.25) is 0 Å². The van der Waals surface area contributed by atoms with Crippen LogP contribution in [0.5, 0.6) is 11.5 Å². The molecule has 2 aromatic carbocycles. The maximum atomic E-state index is 12.3. The van der Waals surface area contributed by atoms with Gasteiger partial charge in [-0.05, 0) is 24.6 Å². The molecule has 0 amide bonds. The summed E-state index contributed by atoms with van der Waals surface area (Å²) in [6, 6.07) is 13.5. The molecule has 154 valence electrons. The zero-order valence-electron chi connectivity index (χ0n) is 16.7. The fourth-order valence-corrected chi connectivity index (χ4v) is 6.75. The largest absolute Gasteiger partial charge is 0.497 e. The van der Waals surface area contributed by atoms with Crippen LogP contribution in [0.1, 0.15) is 11.1 Å². The van der Waals surface area contributed by atoms with Crippen molar-refractivity contribution in [1.29, 1.82) is 0 Å². The average molecular weight is 433 g/mol. The first-order valence-electron chi connectivity index (χ1n) is 9.38. The van der Waals surface area contributed by atoms with Crippen LogP contribution in [0.3, 0.4) is 0 Å². The number of fused-ring (bicyclic) bond motifs is 1. The van der Waals surface area contributed by atoms with Crippen molar-refractivity contribution in [2.24, 2.45) is 4.99 Å². The van der Waals surface area contributed by atoms with Gasteiger partial charge in [-0.25, -0.2) is 8.42 Å². The van der Waals surface area contributed by atoms with Gasteiger partial charge in [0.25, 0.3) is 0 Å². The van der Waals surface area contributed by atoms with Crippen LogP contribution in [0.4, 0.5) is 5.69 Å². The molecule has 2 heterocycles. The van der Waals surface area contributed by atoms with Gasteiger partial charge in [-0.2, -0.15) is 0 Å². The van der Waals surface area contributed by atoms with Crippen LogP contribution >= 0.6 is 11.8 Å². The highest BCUT2D eigenvalue weighted by Crippen LogP contribution is 2.41. The fourth-order valence-electron chi connectivity index (χ4n) is 3.85. The number of amidine groups is 1. The van der Waals surface area contributed by atoms with Gasteiger partial charge < -0.3 is 14.4 Å². The summed E-state index contributed by atoms with van der Waals surface area (Å²) in [7, 11) is 0.115. The Morgan fingerprint density at radius 2 is 1.97 bits per heavy atom. The number of hydrogen-bond donors (Lipinski definition) is 0. The standard InChI is InChI=1S/C21H24N2O4S2/c1-14-5-4-6-15(9-14)11-28-21-22-17-12-29(24,25)13-19(17)23(21)18-10-16(26-2)7-8-20(18)27-3/h4-10,17,19H,11-13H2,1-3H3/t17-,19+/m1/s1. The molecule has 0 saturated carbocycles. The van der Waals surface area contributed by atoms with Gasteiger partial charge in [0.05, 0.1) is 43.5 Å². The monoisotopic (exact) mass is 432 g/mol. The van der Waals surface area contributed by atoms with Crippen LogP contribution in [0.15, 0.2) is 47.5 Å². The number of methoxy groups -OCH3 is 2. The van der Waals surface area contributed by atoms with Crippen LogP contribution in [-0.4, -0.2) is 51.4 Å². The number of aliphatic imine (C=N–C) groups is 1. The molecule has 0 unspecified atom stereocenters. The molecule has 0 radical (unpaired) electrons. The molecule has 6 nitrogen and oxygen atoms in total. The van der Waals surface area contributed by atoms with Gasteiger partial charge in [-0.1, -0.05) is 41.6 Å². The van der Waals surface area contributed by atoms with Crippen molar-refractivity contribution in [3.05, 3.63) is 53.6 Å². The summed E-state index contributed by atoms with van der Waals surface area (Å²) >= 11 is 1.62. The first-order valence-corrected chi connectivity index (χ1v) is 12.2. The topological polar surface area (TPSA) is 68.2 Å². The number of rotatable bonds is 5. The molecule has 2 atom stereocenters. The minimum atomic E-state index is -3.11. The molecule has 0 aliphatic carbocycles. The molecular weight excluding hydrogens is 408 g/mol. The number of ether oxygens (including phenoxy) is 2. The van der Waals surface area contributed by atoms with Crippen LogP contribution in [0.2, 0.25) is 0 Å². The molecule has 1 saturated heterocycles. The first-order chi connectivity index (χ1) is 13.9. The van der Waals surface area contributed by atoms with Crippen molar-refractivity contribution < 1.29 is 17.9 Å². The molecule has 8 heteroatoms. The minimum absolute atomic E-state index is 0.0922. The average Bonchev–Trinajstić information content (AvgIpc) is 3.16. The molecule has 0 bridgehead atoms. The van der Waals surface area contributed by atoms with E-state index in [0.29, 0.717) is 11.5 Å². The molecule has 2 aliphatic heterocycles. The lowest BCUT2D eigenvalue weighted by Crippen LogP contribution is -2.39. The quantitative estimate of drug-likeness (QED) is 0.722. The van der Waals surface area contributed by atoms with E-state index in [9.17, 15) is 8.42 Å². The molecule has 0 aromatic heterocycles. The number of sulfone groups is 1. The van der Waals surface area contributed by atoms with Gasteiger partial charge in [-0.15, -0.1) is 0 Å². The molecule has 29 heavy (non-hydrogen) atoms. The van der Waals surface area contributed by atoms with E-state index >= 15 is 0 Å². The summed E-state index contributed by atoms with van der Waals surface area (Å²) in [5.41, 5.74) is 3.21. The number of hydrogen-bond acceptors (Lipinski definition) is 7. The molecular formula is C21H24N2O4S2. The van der Waals surface area contributed by atoms with Gasteiger partial charge in [0, 0.05) is 11.8 Å². The minimum Gasteiger partial charge on any atom is -0.497 e. The Balaban J connectivity index is 1.69. The maximum absolute atomic E-state index is 12.3. The molecule has 2 aliphatic rings. The van der Waals surface area contributed by atoms with E-state index in [-0.39, 0.29) is 23.6 Å². The normalized spacial score (nSPS) is 22.3. The van der Waals surface area contributed by atoms with Crippen molar-refractivity contribution >= 4 is 32.5 Å². The Kier molecular flexibility index (Phi) is 5.48. The van der Waals surface area contributed by atoms with E-state index in [4.69, 9.17) is 14.5 Å². The van der Waals surface area contributed by atoms with E-state index in [2.05, 4.69) is 25.1 Å². The van der Waals surface area contributed by atoms with E-state index in [1.165, 1.54) is 11.1 Å². The Bertz CT molecular complexity index is 1050. The third-order valence-electron chi connectivity index (χ3n) is 5.20. The van der Waals surface area contributed by atoms with E-state index in [0.717, 1.165) is 16.6 Å². The first kappa shape index (κ1) is 20.1. The molecule has 2 aromatic rings. The molecule has 0 N–H and O–H groups in total. The highest BCUT2D eigenvalue weighted by Gasteiger charge is 2.47. The third-order valence-corrected chi connectivity index (χ3v) is 7.94. The van der Waals surface area contributed by atoms with E-state index in [1.54, 1.807) is 26.0 Å². The van der Waals surface area contributed by atoms with Crippen molar-refractivity contribution in [1.82, 2.24) is 0 Å². The zero-order chi connectivity index (χ0) is 20.6. The highest BCUT2D eigenvalue weighted by molar-refractivity contribution is 8.13. The van der Waals surface area contributed by atoms with Gasteiger partial charge in [0.1, 0.15) is 11.5 Å². The summed E-state index contributed by atoms with van der Waals surface area (Å²) in [5, 5.41) is 0.822. The summed E-state index contributed by atoms with van der Waals surface area (Å²) in [6.07, 6.45) is 0. The van der Waals surface area contributed by atoms with Gasteiger partial charge in [0.15, 0.2) is 15.0 Å². The molecule has 1 fully saturated rings. The summed E-state index contributed by atoms with van der Waals surface area (Å²) in [6.45, 7) is 2.07. The smallest absolute Gasteiger partial charge is 0.164 e. The van der Waals surface area contributed by atoms with Crippen LogP contribution < -0.4 is 14.4 Å². The maximum Gasteiger partial charge on any atom is 0.164 e. The third kappa shape index (κ3) is 4.09. The van der Waals surface area contributed by atoms with Crippen molar-refractivity contribution in [2.75, 3.05) is 30.6 Å². The Labute approximate surface area is 175 Å². The zero-order valence-corrected chi connectivity index (χ0v) is 18.3.